The van der Waals surface area contributed by atoms with Gasteiger partial charge in [0.1, 0.15) is 0 Å². The lowest BCUT2D eigenvalue weighted by atomic mass is 9.97. The molecule has 0 bridgehead atoms. The second-order valence-corrected chi connectivity index (χ2v) is 6.95. The van der Waals surface area contributed by atoms with E-state index >= 15 is 0 Å². The maximum Gasteiger partial charge on any atom is 0.234 e. The van der Waals surface area contributed by atoms with Crippen molar-refractivity contribution in [2.24, 2.45) is 5.92 Å². The van der Waals surface area contributed by atoms with E-state index in [-0.39, 0.29) is 5.91 Å². The van der Waals surface area contributed by atoms with Crippen molar-refractivity contribution < 1.29 is 4.79 Å². The fourth-order valence-electron chi connectivity index (χ4n) is 3.52. The first kappa shape index (κ1) is 14.3. The number of nitrogens with one attached hydrogen (secondary N) is 2. The summed E-state index contributed by atoms with van der Waals surface area (Å²) in [7, 11) is 0. The quantitative estimate of drug-likeness (QED) is 0.774. The van der Waals surface area contributed by atoms with E-state index in [1.807, 2.05) is 0 Å². The number of likely N-dealkylation sites (tertiary alicyclic amines) is 1. The second kappa shape index (κ2) is 6.90. The summed E-state index contributed by atoms with van der Waals surface area (Å²) in [5.74, 6) is 1.07. The topological polar surface area (TPSA) is 44.4 Å². The van der Waals surface area contributed by atoms with Crippen LogP contribution < -0.4 is 10.6 Å². The Bertz CT molecular complexity index is 316. The summed E-state index contributed by atoms with van der Waals surface area (Å²) in [6, 6.07) is 1.29. The number of carbonyl (C=O) groups is 1. The highest BCUT2D eigenvalue weighted by Gasteiger charge is 2.25. The van der Waals surface area contributed by atoms with Gasteiger partial charge in [-0.15, -0.1) is 0 Å². The Hall–Kier alpha value is -0.610. The van der Waals surface area contributed by atoms with E-state index in [4.69, 9.17) is 0 Å². The summed E-state index contributed by atoms with van der Waals surface area (Å²) in [6.07, 6.45) is 10.2. The molecule has 1 aliphatic heterocycles. The van der Waals surface area contributed by atoms with E-state index in [0.717, 1.165) is 25.0 Å². The molecule has 1 amide bonds. The monoisotopic (exact) mass is 279 g/mol. The predicted molar refractivity (Wildman–Crippen MR) is 80.6 cm³/mol. The van der Waals surface area contributed by atoms with Crippen LogP contribution in [0, 0.1) is 5.92 Å². The van der Waals surface area contributed by atoms with Crippen molar-refractivity contribution in [3.05, 3.63) is 0 Å². The largest absolute Gasteiger partial charge is 0.352 e. The molecule has 3 fully saturated rings. The minimum absolute atomic E-state index is 0.242. The zero-order valence-electron chi connectivity index (χ0n) is 12.6. The molecule has 1 saturated heterocycles. The molecule has 3 rings (SSSR count). The number of rotatable bonds is 6. The fourth-order valence-corrected chi connectivity index (χ4v) is 3.52. The first-order valence-corrected chi connectivity index (χ1v) is 8.55. The molecule has 0 atom stereocenters. The van der Waals surface area contributed by atoms with Gasteiger partial charge in [-0.2, -0.15) is 0 Å². The van der Waals surface area contributed by atoms with Crippen molar-refractivity contribution in [1.29, 1.82) is 0 Å². The Labute approximate surface area is 122 Å². The van der Waals surface area contributed by atoms with Crippen molar-refractivity contribution in [3.8, 4) is 0 Å². The van der Waals surface area contributed by atoms with Gasteiger partial charge in [-0.05, 0) is 64.1 Å². The zero-order valence-corrected chi connectivity index (χ0v) is 12.6. The first-order valence-electron chi connectivity index (χ1n) is 8.55. The summed E-state index contributed by atoms with van der Waals surface area (Å²) in [5, 5.41) is 6.83. The maximum absolute atomic E-state index is 12.0. The van der Waals surface area contributed by atoms with Gasteiger partial charge >= 0.3 is 0 Å². The first-order chi connectivity index (χ1) is 9.79. The molecule has 1 heterocycles. The van der Waals surface area contributed by atoms with Gasteiger partial charge < -0.3 is 10.6 Å². The van der Waals surface area contributed by atoms with Crippen LogP contribution in [0.2, 0.25) is 0 Å². The number of piperidine rings is 1. The Kier molecular flexibility index (Phi) is 4.94. The van der Waals surface area contributed by atoms with Gasteiger partial charge in [-0.1, -0.05) is 12.8 Å². The van der Waals surface area contributed by atoms with Crippen LogP contribution in [0.4, 0.5) is 0 Å². The van der Waals surface area contributed by atoms with Crippen LogP contribution in [-0.4, -0.2) is 49.1 Å². The third-order valence-corrected chi connectivity index (χ3v) is 5.07. The zero-order chi connectivity index (χ0) is 13.8. The van der Waals surface area contributed by atoms with Crippen LogP contribution in [-0.2, 0) is 4.79 Å². The van der Waals surface area contributed by atoms with Crippen LogP contribution in [0.3, 0.4) is 0 Å². The van der Waals surface area contributed by atoms with Gasteiger partial charge in [-0.3, -0.25) is 9.69 Å². The normalized spacial score (nSPS) is 26.0. The van der Waals surface area contributed by atoms with Crippen LogP contribution in [0.5, 0.6) is 0 Å². The van der Waals surface area contributed by atoms with E-state index in [0.29, 0.717) is 12.6 Å². The number of nitrogens with zero attached hydrogens (tertiary/aromatic N) is 1. The predicted octanol–water partition coefficient (Wildman–Crippen LogP) is 1.51. The summed E-state index contributed by atoms with van der Waals surface area (Å²) >= 11 is 0. The maximum atomic E-state index is 12.0. The van der Waals surface area contributed by atoms with E-state index in [1.54, 1.807) is 0 Å². The molecule has 2 N–H and O–H groups in total. The van der Waals surface area contributed by atoms with Gasteiger partial charge in [0.2, 0.25) is 5.91 Å². The third kappa shape index (κ3) is 4.45. The van der Waals surface area contributed by atoms with Crippen LogP contribution >= 0.6 is 0 Å². The van der Waals surface area contributed by atoms with Gasteiger partial charge in [0, 0.05) is 12.1 Å². The van der Waals surface area contributed by atoms with Gasteiger partial charge in [0.25, 0.3) is 0 Å². The molecule has 2 saturated carbocycles. The van der Waals surface area contributed by atoms with Crippen molar-refractivity contribution >= 4 is 5.91 Å². The molecular formula is C16H29N3O. The minimum atomic E-state index is 0.242. The SMILES string of the molecule is O=C(CN1CCC(CNC2CC2)CC1)NC1CCCC1. The third-order valence-electron chi connectivity index (χ3n) is 5.07. The molecule has 4 nitrogen and oxygen atoms in total. The molecule has 0 unspecified atom stereocenters. The number of carbonyl (C=O) groups excluding carboxylic acids is 1. The van der Waals surface area contributed by atoms with Gasteiger partial charge in [0.05, 0.1) is 6.54 Å². The number of hydrogen-bond donors (Lipinski definition) is 2. The summed E-state index contributed by atoms with van der Waals surface area (Å²) in [5.41, 5.74) is 0. The smallest absolute Gasteiger partial charge is 0.234 e. The highest BCUT2D eigenvalue weighted by Crippen LogP contribution is 2.22. The summed E-state index contributed by atoms with van der Waals surface area (Å²) in [6.45, 7) is 3.98. The van der Waals surface area contributed by atoms with Crippen molar-refractivity contribution in [2.75, 3.05) is 26.2 Å². The Morgan fingerprint density at radius 2 is 1.65 bits per heavy atom. The van der Waals surface area contributed by atoms with Gasteiger partial charge in [-0.25, -0.2) is 0 Å². The van der Waals surface area contributed by atoms with Crippen molar-refractivity contribution in [1.82, 2.24) is 15.5 Å². The lowest BCUT2D eigenvalue weighted by Crippen LogP contribution is -2.45. The lowest BCUT2D eigenvalue weighted by Gasteiger charge is -2.31. The molecule has 4 heteroatoms. The highest BCUT2D eigenvalue weighted by atomic mass is 16.2. The second-order valence-electron chi connectivity index (χ2n) is 6.95. The Balaban J connectivity index is 1.29. The van der Waals surface area contributed by atoms with Crippen LogP contribution in [0.1, 0.15) is 51.4 Å². The molecule has 0 aromatic heterocycles. The average molecular weight is 279 g/mol. The highest BCUT2D eigenvalue weighted by molar-refractivity contribution is 5.78. The number of amides is 1. The molecule has 0 radical (unpaired) electrons. The Morgan fingerprint density at radius 1 is 0.950 bits per heavy atom. The molecule has 114 valence electrons. The minimum Gasteiger partial charge on any atom is -0.352 e. The summed E-state index contributed by atoms with van der Waals surface area (Å²) < 4.78 is 0. The van der Waals surface area contributed by atoms with E-state index in [1.165, 1.54) is 57.9 Å². The molecule has 0 spiro atoms. The Morgan fingerprint density at radius 3 is 2.30 bits per heavy atom. The molecular weight excluding hydrogens is 250 g/mol. The molecule has 0 aromatic rings. The van der Waals surface area contributed by atoms with E-state index in [9.17, 15) is 4.79 Å². The summed E-state index contributed by atoms with van der Waals surface area (Å²) in [4.78, 5) is 14.3. The lowest BCUT2D eigenvalue weighted by molar-refractivity contribution is -0.123. The van der Waals surface area contributed by atoms with Crippen LogP contribution in [0.15, 0.2) is 0 Å². The van der Waals surface area contributed by atoms with Crippen molar-refractivity contribution in [2.45, 2.75) is 63.5 Å². The molecule has 20 heavy (non-hydrogen) atoms. The van der Waals surface area contributed by atoms with Gasteiger partial charge in [0.15, 0.2) is 0 Å². The average Bonchev–Trinajstić information content (AvgIpc) is 3.14. The van der Waals surface area contributed by atoms with E-state index < -0.39 is 0 Å². The fraction of sp³-hybridized carbons (Fsp3) is 0.938. The van der Waals surface area contributed by atoms with E-state index in [2.05, 4.69) is 15.5 Å². The molecule has 0 aromatic carbocycles. The number of hydrogen-bond acceptors (Lipinski definition) is 3. The molecule has 2 aliphatic carbocycles. The standard InChI is InChI=1S/C16H29N3O/c20-16(18-15-3-1-2-4-15)12-19-9-7-13(8-10-19)11-17-14-5-6-14/h13-15,17H,1-12H2,(H,18,20). The van der Waals surface area contributed by atoms with Crippen molar-refractivity contribution in [3.63, 3.8) is 0 Å². The van der Waals surface area contributed by atoms with Crippen LogP contribution in [0.25, 0.3) is 0 Å². The molecule has 3 aliphatic rings.